The molecule has 1 aromatic heterocycles. The highest BCUT2D eigenvalue weighted by molar-refractivity contribution is 7.00. The fraction of sp³-hybridized carbons (Fsp3) is 0. The second kappa shape index (κ2) is 29.6. The Labute approximate surface area is 689 Å². The molecule has 22 rings (SSSR count). The molecule has 118 heavy (non-hydrogen) atoms. The van der Waals surface area contributed by atoms with Gasteiger partial charge in [0.15, 0.2) is 0 Å². The summed E-state index contributed by atoms with van der Waals surface area (Å²) in [5.74, 6) is 0. The highest BCUT2D eigenvalue weighted by Crippen LogP contribution is 2.51. The Balaban J connectivity index is 0.834. The van der Waals surface area contributed by atoms with Crippen molar-refractivity contribution in [2.45, 2.75) is 0 Å². The van der Waals surface area contributed by atoms with Crippen LogP contribution in [0.2, 0.25) is 0 Å². The van der Waals surface area contributed by atoms with Gasteiger partial charge in [0.05, 0.1) is 16.7 Å². The summed E-state index contributed by atoms with van der Waals surface area (Å²) in [6.07, 6.45) is 0. The van der Waals surface area contributed by atoms with Crippen LogP contribution in [0.1, 0.15) is 0 Å². The molecule has 0 aliphatic carbocycles. The van der Waals surface area contributed by atoms with Crippen molar-refractivity contribution in [3.8, 4) is 139 Å². The second-order valence-corrected chi connectivity index (χ2v) is 31.1. The van der Waals surface area contributed by atoms with E-state index < -0.39 is 0 Å². The highest BCUT2D eigenvalue weighted by Gasteiger charge is 2.45. The van der Waals surface area contributed by atoms with Crippen LogP contribution in [0, 0.1) is 0 Å². The smallest absolute Gasteiger partial charge is 0.252 e. The molecule has 3 heterocycles. The van der Waals surface area contributed by atoms with E-state index in [0.29, 0.717) is 0 Å². The zero-order chi connectivity index (χ0) is 78.0. The number of rotatable bonds is 15. The molecule has 4 heteroatoms. The lowest BCUT2D eigenvalue weighted by Crippen LogP contribution is -2.61. The predicted octanol–water partition coefficient (Wildman–Crippen LogP) is 28.9. The molecular weight excluding hydrogens is 1420 g/mol. The average Bonchev–Trinajstić information content (AvgIpc) is 0.878. The number of hydrogen-bond donors (Lipinski definition) is 0. The summed E-state index contributed by atoms with van der Waals surface area (Å²) >= 11 is 0. The molecule has 2 aliphatic heterocycles. The van der Waals surface area contributed by atoms with E-state index in [0.717, 1.165) is 151 Å². The Kier molecular flexibility index (Phi) is 17.4. The van der Waals surface area contributed by atoms with Gasteiger partial charge in [0.25, 0.3) is 6.71 Å². The molecule has 3 nitrogen and oxygen atoms in total. The van der Waals surface area contributed by atoms with Crippen LogP contribution in [0.15, 0.2) is 461 Å². The summed E-state index contributed by atoms with van der Waals surface area (Å²) in [4.78, 5) is 5.28. The maximum Gasteiger partial charge on any atom is 0.252 e. The Morgan fingerprint density at radius 2 is 0.356 bits per heavy atom. The van der Waals surface area contributed by atoms with Crippen LogP contribution >= 0.6 is 0 Å². The van der Waals surface area contributed by atoms with Gasteiger partial charge < -0.3 is 14.4 Å². The van der Waals surface area contributed by atoms with E-state index in [4.69, 9.17) is 0 Å². The van der Waals surface area contributed by atoms with Gasteiger partial charge in [0.2, 0.25) is 0 Å². The molecule has 0 saturated heterocycles. The lowest BCUT2D eigenvalue weighted by atomic mass is 9.33. The third-order valence-corrected chi connectivity index (χ3v) is 24.2. The number of hydrogen-bond acceptors (Lipinski definition) is 2. The fourth-order valence-corrected chi connectivity index (χ4v) is 18.3. The van der Waals surface area contributed by atoms with Crippen LogP contribution in [0.3, 0.4) is 0 Å². The Hall–Kier alpha value is -15.4. The minimum absolute atomic E-state index is 0.258. The first-order chi connectivity index (χ1) is 58.5. The summed E-state index contributed by atoms with van der Waals surface area (Å²) in [5.41, 5.74) is 41.0. The molecule has 0 bridgehead atoms. The van der Waals surface area contributed by atoms with Gasteiger partial charge in [0, 0.05) is 44.9 Å². The van der Waals surface area contributed by atoms with E-state index >= 15 is 0 Å². The SMILES string of the molecule is c1ccc(-c2ccc(-c3ccc(-c4ccc5c(c4)N(c4cc(-c6ccccc6)cc(-c6ccccc6)c4)c4cc(-n6c7cc(-c8ccccc8)ccc7c7ccc(-c8ccccc8)cc76)cc6c4B5c4ccc(-c5ccc(-c7ccc(-c8ccccc8)cc7)cc5)cc4N6c4cc(-c5ccccc5)cc(-c5ccccc5)c4)cc3)cc2)cc1. The summed E-state index contributed by atoms with van der Waals surface area (Å²) in [6, 6.07) is 172. The van der Waals surface area contributed by atoms with Gasteiger partial charge >= 0.3 is 0 Å². The molecule has 0 atom stereocenters. The van der Waals surface area contributed by atoms with Crippen LogP contribution in [0.5, 0.6) is 0 Å². The van der Waals surface area contributed by atoms with Crippen molar-refractivity contribution >= 4 is 79.0 Å². The number of benzene rings is 19. The number of anilines is 6. The van der Waals surface area contributed by atoms with Crippen LogP contribution in [-0.2, 0) is 0 Å². The molecule has 0 unspecified atom stereocenters. The monoisotopic (exact) mass is 1500 g/mol. The number of nitrogens with zero attached hydrogens (tertiary/aromatic N) is 3. The first-order valence-corrected chi connectivity index (χ1v) is 40.8. The van der Waals surface area contributed by atoms with E-state index in [1.807, 2.05) is 0 Å². The minimum atomic E-state index is -0.258. The van der Waals surface area contributed by atoms with Gasteiger partial charge in [-0.3, -0.25) is 0 Å². The first kappa shape index (κ1) is 69.4. The molecule has 550 valence electrons. The van der Waals surface area contributed by atoms with E-state index in [1.165, 1.54) is 60.5 Å². The number of aromatic nitrogens is 1. The maximum atomic E-state index is 2.64. The fourth-order valence-electron chi connectivity index (χ4n) is 18.3. The first-order valence-electron chi connectivity index (χ1n) is 40.8. The molecule has 20 aromatic rings. The summed E-state index contributed by atoms with van der Waals surface area (Å²) in [5, 5.41) is 2.35. The lowest BCUT2D eigenvalue weighted by Gasteiger charge is -2.45. The van der Waals surface area contributed by atoms with Gasteiger partial charge in [0.1, 0.15) is 0 Å². The normalized spacial score (nSPS) is 12.0. The maximum absolute atomic E-state index is 2.64. The molecule has 0 radical (unpaired) electrons. The lowest BCUT2D eigenvalue weighted by molar-refractivity contribution is 1.16. The average molecular weight is 1500 g/mol. The van der Waals surface area contributed by atoms with Crippen LogP contribution in [0.25, 0.3) is 161 Å². The van der Waals surface area contributed by atoms with Crippen molar-refractivity contribution in [3.63, 3.8) is 0 Å². The molecule has 19 aromatic carbocycles. The molecule has 0 saturated carbocycles. The van der Waals surface area contributed by atoms with Crippen LogP contribution in [0.4, 0.5) is 34.1 Å². The van der Waals surface area contributed by atoms with Gasteiger partial charge in [-0.15, -0.1) is 0 Å². The Bertz CT molecular complexity index is 6600. The Morgan fingerprint density at radius 1 is 0.144 bits per heavy atom. The van der Waals surface area contributed by atoms with Gasteiger partial charge in [-0.2, -0.15) is 0 Å². The molecule has 2 aliphatic rings. The standard InChI is InChI=1S/C114H76BN3/c1-9-25-77(26-10-1)85-41-45-87(46-42-85)89-49-53-91(54-50-89)95-59-63-106-110(73-95)117(101-67-97(81-33-17-5-18-34-81)65-98(68-101)82-35-19-6-20-36-82)112-75-103(116-108-71-93(79-29-13-3-14-30-79)57-61-104(108)105-62-58-94(72-109(105)116)80-31-15-4-16-32-80)76-113-114(112)115(106)107-64-60-96(92-55-51-90(52-56-92)88-47-43-86(44-48-88)78-27-11-2-12-28-78)74-111(107)118(113)102-69-99(83-37-21-7-22-38-83)66-100(70-102)84-39-23-8-24-40-84/h1-76H. The topological polar surface area (TPSA) is 11.4 Å². The Morgan fingerprint density at radius 3 is 0.627 bits per heavy atom. The van der Waals surface area contributed by atoms with Crippen molar-refractivity contribution < 1.29 is 0 Å². The largest absolute Gasteiger partial charge is 0.311 e. The van der Waals surface area contributed by atoms with Crippen LogP contribution < -0.4 is 26.2 Å². The van der Waals surface area contributed by atoms with E-state index in [9.17, 15) is 0 Å². The molecular formula is C114H76BN3. The van der Waals surface area contributed by atoms with Crippen LogP contribution in [-0.4, -0.2) is 11.3 Å². The third kappa shape index (κ3) is 12.7. The number of fused-ring (bicyclic) bond motifs is 7. The van der Waals surface area contributed by atoms with Crippen molar-refractivity contribution in [1.29, 1.82) is 0 Å². The second-order valence-electron chi connectivity index (χ2n) is 31.1. The van der Waals surface area contributed by atoms with E-state index in [2.05, 4.69) is 475 Å². The molecule has 0 fully saturated rings. The van der Waals surface area contributed by atoms with Crippen molar-refractivity contribution in [3.05, 3.63) is 461 Å². The van der Waals surface area contributed by atoms with Crippen molar-refractivity contribution in [1.82, 2.24) is 4.57 Å². The van der Waals surface area contributed by atoms with Crippen molar-refractivity contribution in [2.24, 2.45) is 0 Å². The zero-order valence-corrected chi connectivity index (χ0v) is 64.8. The summed E-state index contributed by atoms with van der Waals surface area (Å²) < 4.78 is 2.59. The summed E-state index contributed by atoms with van der Waals surface area (Å²) in [7, 11) is 0. The summed E-state index contributed by atoms with van der Waals surface area (Å²) in [6.45, 7) is -0.258. The predicted molar refractivity (Wildman–Crippen MR) is 500 cm³/mol. The van der Waals surface area contributed by atoms with Gasteiger partial charge in [-0.1, -0.05) is 388 Å². The minimum Gasteiger partial charge on any atom is -0.311 e. The quantitative estimate of drug-likeness (QED) is 0.0948. The molecule has 0 N–H and O–H groups in total. The zero-order valence-electron chi connectivity index (χ0n) is 64.8. The molecule has 0 spiro atoms. The molecule has 0 amide bonds. The van der Waals surface area contributed by atoms with Gasteiger partial charge in [-0.05, 0) is 223 Å². The van der Waals surface area contributed by atoms with E-state index in [-0.39, 0.29) is 6.71 Å². The third-order valence-electron chi connectivity index (χ3n) is 24.2. The highest BCUT2D eigenvalue weighted by atomic mass is 15.2. The van der Waals surface area contributed by atoms with Gasteiger partial charge in [-0.25, -0.2) is 0 Å². The van der Waals surface area contributed by atoms with Crippen molar-refractivity contribution in [2.75, 3.05) is 9.80 Å². The van der Waals surface area contributed by atoms with E-state index in [1.54, 1.807) is 0 Å².